The van der Waals surface area contributed by atoms with Crippen LogP contribution in [0.4, 0.5) is 0 Å². The van der Waals surface area contributed by atoms with Gasteiger partial charge in [0, 0.05) is 12.5 Å². The summed E-state index contributed by atoms with van der Waals surface area (Å²) in [7, 11) is 1.64. The Bertz CT molecular complexity index is 452. The Balaban J connectivity index is 2.11. The first kappa shape index (κ1) is 15.8. The molecule has 4 heteroatoms. The topological polar surface area (TPSA) is 44.8 Å². The number of hydrogen-bond acceptors (Lipinski definition) is 4. The van der Waals surface area contributed by atoms with Crippen molar-refractivity contribution in [2.75, 3.05) is 13.7 Å². The quantitative estimate of drug-likeness (QED) is 0.751. The molecule has 21 heavy (non-hydrogen) atoms. The standard InChI is InChI=1S/C17H24O4/c1-13(18)20-12-17(21-14-8-4-3-5-9-14)15-10-6-7-11-16(15)19-2/h6-7,10-11,14,17H,3-5,8-9,12H2,1-2H3/t17-/m0/s1. The van der Waals surface area contributed by atoms with Gasteiger partial charge in [0.2, 0.25) is 0 Å². The molecule has 0 aliphatic heterocycles. The highest BCUT2D eigenvalue weighted by molar-refractivity contribution is 5.65. The maximum atomic E-state index is 11.1. The first-order valence-corrected chi connectivity index (χ1v) is 7.62. The number of ether oxygens (including phenoxy) is 3. The van der Waals surface area contributed by atoms with Gasteiger partial charge in [-0.2, -0.15) is 0 Å². The Labute approximate surface area is 126 Å². The molecule has 0 spiro atoms. The number of rotatable bonds is 6. The molecule has 1 aliphatic carbocycles. The van der Waals surface area contributed by atoms with Crippen LogP contribution in [-0.2, 0) is 14.3 Å². The number of para-hydroxylation sites is 1. The summed E-state index contributed by atoms with van der Waals surface area (Å²) < 4.78 is 16.8. The van der Waals surface area contributed by atoms with Crippen LogP contribution >= 0.6 is 0 Å². The smallest absolute Gasteiger partial charge is 0.302 e. The van der Waals surface area contributed by atoms with Crippen molar-refractivity contribution >= 4 is 5.97 Å². The first-order valence-electron chi connectivity index (χ1n) is 7.62. The fourth-order valence-electron chi connectivity index (χ4n) is 2.76. The fourth-order valence-corrected chi connectivity index (χ4v) is 2.76. The van der Waals surface area contributed by atoms with E-state index in [2.05, 4.69) is 0 Å². The second kappa shape index (κ2) is 8.03. The molecule has 0 N–H and O–H groups in total. The molecular formula is C17H24O4. The van der Waals surface area contributed by atoms with Gasteiger partial charge < -0.3 is 14.2 Å². The highest BCUT2D eigenvalue weighted by Gasteiger charge is 2.23. The minimum absolute atomic E-state index is 0.228. The molecule has 2 rings (SSSR count). The maximum Gasteiger partial charge on any atom is 0.302 e. The average Bonchev–Trinajstić information content (AvgIpc) is 2.52. The normalized spacial score (nSPS) is 17.2. The van der Waals surface area contributed by atoms with Gasteiger partial charge in [0.15, 0.2) is 0 Å². The van der Waals surface area contributed by atoms with Gasteiger partial charge in [-0.25, -0.2) is 0 Å². The summed E-state index contributed by atoms with van der Waals surface area (Å²) in [5, 5.41) is 0. The molecule has 1 atom stereocenters. The molecule has 0 saturated heterocycles. The summed E-state index contributed by atoms with van der Waals surface area (Å²) in [6, 6.07) is 7.74. The maximum absolute atomic E-state index is 11.1. The van der Waals surface area contributed by atoms with Crippen LogP contribution in [0, 0.1) is 0 Å². The van der Waals surface area contributed by atoms with Crippen LogP contribution in [0.25, 0.3) is 0 Å². The van der Waals surface area contributed by atoms with Crippen molar-refractivity contribution in [1.29, 1.82) is 0 Å². The molecule has 0 heterocycles. The second-order valence-electron chi connectivity index (χ2n) is 5.43. The molecule has 116 valence electrons. The number of benzene rings is 1. The van der Waals surface area contributed by atoms with Gasteiger partial charge >= 0.3 is 5.97 Å². The third kappa shape index (κ3) is 4.74. The molecule has 1 saturated carbocycles. The van der Waals surface area contributed by atoms with Gasteiger partial charge in [-0.15, -0.1) is 0 Å². The van der Waals surface area contributed by atoms with E-state index in [4.69, 9.17) is 14.2 Å². The van der Waals surface area contributed by atoms with E-state index in [1.54, 1.807) is 7.11 Å². The van der Waals surface area contributed by atoms with Crippen LogP contribution in [0.1, 0.15) is 50.7 Å². The first-order chi connectivity index (χ1) is 10.2. The number of hydrogen-bond donors (Lipinski definition) is 0. The Hall–Kier alpha value is -1.55. The van der Waals surface area contributed by atoms with Crippen LogP contribution in [0.15, 0.2) is 24.3 Å². The summed E-state index contributed by atoms with van der Waals surface area (Å²) in [5.74, 6) is 0.479. The zero-order valence-corrected chi connectivity index (χ0v) is 12.8. The summed E-state index contributed by atoms with van der Waals surface area (Å²) in [4.78, 5) is 11.1. The number of esters is 1. The van der Waals surface area contributed by atoms with E-state index in [1.165, 1.54) is 26.2 Å². The Kier molecular flexibility index (Phi) is 6.05. The Morgan fingerprint density at radius 2 is 1.95 bits per heavy atom. The summed E-state index contributed by atoms with van der Waals surface area (Å²) >= 11 is 0. The molecule has 0 bridgehead atoms. The van der Waals surface area contributed by atoms with E-state index < -0.39 is 0 Å². The van der Waals surface area contributed by atoms with Crippen molar-refractivity contribution in [2.24, 2.45) is 0 Å². The molecule has 1 aliphatic rings. The molecular weight excluding hydrogens is 268 g/mol. The van der Waals surface area contributed by atoms with E-state index in [9.17, 15) is 4.79 Å². The fraction of sp³-hybridized carbons (Fsp3) is 0.588. The average molecular weight is 292 g/mol. The van der Waals surface area contributed by atoms with E-state index in [1.807, 2.05) is 24.3 Å². The van der Waals surface area contributed by atoms with Gasteiger partial charge in [0.05, 0.1) is 13.2 Å². The SMILES string of the molecule is COc1ccccc1[C@H](COC(C)=O)OC1CCCCC1. The number of carbonyl (C=O) groups is 1. The van der Waals surface area contributed by atoms with Crippen LogP contribution in [-0.4, -0.2) is 25.8 Å². The third-order valence-corrected chi connectivity index (χ3v) is 3.83. The summed E-state index contributed by atoms with van der Waals surface area (Å²) in [6.45, 7) is 1.64. The van der Waals surface area contributed by atoms with Crippen molar-refractivity contribution in [3.05, 3.63) is 29.8 Å². The van der Waals surface area contributed by atoms with E-state index in [-0.39, 0.29) is 24.8 Å². The van der Waals surface area contributed by atoms with Crippen LogP contribution < -0.4 is 4.74 Å². The predicted molar refractivity (Wildman–Crippen MR) is 80.3 cm³/mol. The Morgan fingerprint density at radius 3 is 2.62 bits per heavy atom. The molecule has 0 aromatic heterocycles. The van der Waals surface area contributed by atoms with Gasteiger partial charge in [0.1, 0.15) is 18.5 Å². The molecule has 4 nitrogen and oxygen atoms in total. The van der Waals surface area contributed by atoms with Gasteiger partial charge in [0.25, 0.3) is 0 Å². The number of methoxy groups -OCH3 is 1. The number of carbonyl (C=O) groups excluding carboxylic acids is 1. The molecule has 1 aromatic rings. The van der Waals surface area contributed by atoms with Crippen molar-refractivity contribution in [1.82, 2.24) is 0 Å². The lowest BCUT2D eigenvalue weighted by atomic mass is 9.97. The lowest BCUT2D eigenvalue weighted by Crippen LogP contribution is -2.23. The van der Waals surface area contributed by atoms with Crippen molar-refractivity contribution in [2.45, 2.75) is 51.2 Å². The van der Waals surface area contributed by atoms with Crippen LogP contribution in [0.2, 0.25) is 0 Å². The van der Waals surface area contributed by atoms with Crippen molar-refractivity contribution in [3.8, 4) is 5.75 Å². The minimum atomic E-state index is -0.290. The van der Waals surface area contributed by atoms with E-state index >= 15 is 0 Å². The highest BCUT2D eigenvalue weighted by Crippen LogP contribution is 2.32. The van der Waals surface area contributed by atoms with Crippen LogP contribution in [0.3, 0.4) is 0 Å². The lowest BCUT2D eigenvalue weighted by Gasteiger charge is -2.28. The largest absolute Gasteiger partial charge is 0.496 e. The Morgan fingerprint density at radius 1 is 1.24 bits per heavy atom. The molecule has 1 aromatic carbocycles. The van der Waals surface area contributed by atoms with Gasteiger partial charge in [-0.1, -0.05) is 37.5 Å². The molecule has 0 unspecified atom stereocenters. The monoisotopic (exact) mass is 292 g/mol. The summed E-state index contributed by atoms with van der Waals surface area (Å²) in [5.41, 5.74) is 0.937. The van der Waals surface area contributed by atoms with Crippen molar-refractivity contribution in [3.63, 3.8) is 0 Å². The predicted octanol–water partition coefficient (Wildman–Crippen LogP) is 3.65. The second-order valence-corrected chi connectivity index (χ2v) is 5.43. The van der Waals surface area contributed by atoms with E-state index in [0.717, 1.165) is 24.2 Å². The summed E-state index contributed by atoms with van der Waals surface area (Å²) in [6.07, 6.45) is 5.81. The van der Waals surface area contributed by atoms with Crippen LogP contribution in [0.5, 0.6) is 5.75 Å². The molecule has 1 fully saturated rings. The van der Waals surface area contributed by atoms with E-state index in [0.29, 0.717) is 0 Å². The highest BCUT2D eigenvalue weighted by atomic mass is 16.6. The third-order valence-electron chi connectivity index (χ3n) is 3.83. The molecule has 0 radical (unpaired) electrons. The minimum Gasteiger partial charge on any atom is -0.496 e. The lowest BCUT2D eigenvalue weighted by molar-refractivity contribution is -0.148. The van der Waals surface area contributed by atoms with Gasteiger partial charge in [-0.05, 0) is 18.9 Å². The van der Waals surface area contributed by atoms with Crippen molar-refractivity contribution < 1.29 is 19.0 Å². The van der Waals surface area contributed by atoms with Gasteiger partial charge in [-0.3, -0.25) is 4.79 Å². The zero-order valence-electron chi connectivity index (χ0n) is 12.8. The zero-order chi connectivity index (χ0) is 15.1. The molecule has 0 amide bonds.